The Labute approximate surface area is 383 Å². The van der Waals surface area contributed by atoms with Crippen molar-refractivity contribution < 1.29 is 107 Å². The number of nitrogens with zero attached hydrogens (tertiary/aromatic N) is 8. The normalized spacial score (nSPS) is 11.4. The van der Waals surface area contributed by atoms with Crippen molar-refractivity contribution in [2.45, 2.75) is 29.9 Å². The van der Waals surface area contributed by atoms with Crippen LogP contribution in [0.4, 0.5) is 39.5 Å². The fourth-order valence-corrected chi connectivity index (χ4v) is 4.31. The molecule has 0 atom stereocenters. The van der Waals surface area contributed by atoms with Crippen LogP contribution in [-0.2, 0) is 71.9 Å². The van der Waals surface area contributed by atoms with Gasteiger partial charge in [-0.05, 0) is 0 Å². The van der Waals surface area contributed by atoms with Gasteiger partial charge < -0.3 is 23.9 Å². The van der Waals surface area contributed by atoms with Gasteiger partial charge in [0.25, 0.3) is 0 Å². The monoisotopic (exact) mass is 1390 g/mol. The summed E-state index contributed by atoms with van der Waals surface area (Å²) in [5.74, 6) is 0. The number of imidazole rings is 4. The molecule has 59 heavy (non-hydrogen) atoms. The number of aliphatic hydroxyl groups excluding tert-OH is 2. The molecule has 2 N–H and O–H groups in total. The molecule has 0 aliphatic heterocycles. The third kappa shape index (κ3) is 23.2. The Balaban J connectivity index is -0.000000323. The molecular formula is C23H32BiF9N8O11S3Se4. The Kier molecular flexibility index (Phi) is 29.6. The first-order valence-corrected chi connectivity index (χ1v) is 21.4. The molecule has 4 heterocycles. The Bertz CT molecular complexity index is 1920. The van der Waals surface area contributed by atoms with Crippen LogP contribution in [0.2, 0.25) is 0 Å². The van der Waals surface area contributed by atoms with Gasteiger partial charge in [-0.1, -0.05) is 0 Å². The van der Waals surface area contributed by atoms with Crippen LogP contribution in [-0.4, -0.2) is 188 Å². The second-order valence-electron chi connectivity index (χ2n) is 9.63. The zero-order chi connectivity index (χ0) is 47.0. The van der Waals surface area contributed by atoms with Crippen molar-refractivity contribution in [3.63, 3.8) is 0 Å². The second kappa shape index (κ2) is 27.1. The first kappa shape index (κ1) is 64.4. The van der Waals surface area contributed by atoms with Crippen molar-refractivity contribution in [1.82, 2.24) is 18.3 Å². The topological polar surface area (TPSA) is 247 Å². The fraction of sp³-hybridized carbons (Fsp3) is 0.478. The average molecular weight is 1390 g/mol. The number of aryl methyl sites for hydroxylation is 4. The molecule has 0 unspecified atom stereocenters. The minimum atomic E-state index is -6.09. The van der Waals surface area contributed by atoms with Gasteiger partial charge in [-0.15, -0.1) is 0 Å². The quantitative estimate of drug-likeness (QED) is 0.0640. The zero-order valence-corrected chi connectivity index (χ0v) is 43.2. The minimum absolute atomic E-state index is 0. The number of alkyl halides is 9. The fourth-order valence-electron chi connectivity index (χ4n) is 2.80. The smallest absolute Gasteiger partial charge is 0.741 e. The van der Waals surface area contributed by atoms with Gasteiger partial charge in [-0.2, -0.15) is 39.5 Å². The van der Waals surface area contributed by atoms with E-state index < -0.39 is 46.9 Å². The molecule has 36 heteroatoms. The van der Waals surface area contributed by atoms with Crippen molar-refractivity contribution in [3.8, 4) is 0 Å². The third-order valence-electron chi connectivity index (χ3n) is 5.53. The van der Waals surface area contributed by atoms with Crippen LogP contribution in [0.1, 0.15) is 0 Å². The number of halogens is 9. The van der Waals surface area contributed by atoms with Gasteiger partial charge in [-0.3, -0.25) is 0 Å². The van der Waals surface area contributed by atoms with Crippen molar-refractivity contribution >= 4 is 140 Å². The van der Waals surface area contributed by atoms with Gasteiger partial charge in [-0.25, -0.2) is 25.3 Å². The van der Waals surface area contributed by atoms with Gasteiger partial charge in [0.1, 0.15) is 0 Å². The van der Waals surface area contributed by atoms with E-state index in [0.717, 1.165) is 46.4 Å². The molecule has 0 bridgehead atoms. The predicted molar refractivity (Wildman–Crippen MR) is 184 cm³/mol. The van der Waals surface area contributed by atoms with E-state index in [1.165, 1.54) is 0 Å². The van der Waals surface area contributed by atoms with Crippen LogP contribution >= 0.6 is 0 Å². The molecule has 4 rings (SSSR count). The van der Waals surface area contributed by atoms with Gasteiger partial charge >= 0.3 is 253 Å². The summed E-state index contributed by atoms with van der Waals surface area (Å²) >= 11 is 12.2. The minimum Gasteiger partial charge on any atom is -0.741 e. The van der Waals surface area contributed by atoms with Crippen molar-refractivity contribution in [2.24, 2.45) is 28.2 Å². The molecule has 0 saturated carbocycles. The summed E-state index contributed by atoms with van der Waals surface area (Å²) < 4.78 is 198. The summed E-state index contributed by atoms with van der Waals surface area (Å²) in [7, 11) is -8.17. The molecule has 0 fully saturated rings. The molecular weight excluding hydrogens is 1360 g/mol. The van der Waals surface area contributed by atoms with Crippen LogP contribution in [0.3, 0.4) is 0 Å². The van der Waals surface area contributed by atoms with E-state index in [4.69, 9.17) is 49.1 Å². The molecule has 0 aliphatic carbocycles. The van der Waals surface area contributed by atoms with Crippen LogP contribution < -0.4 is 37.2 Å². The molecule has 19 nitrogen and oxygen atoms in total. The van der Waals surface area contributed by atoms with Crippen LogP contribution in [0.15, 0.2) is 49.6 Å². The Morgan fingerprint density at radius 3 is 0.661 bits per heavy atom. The van der Waals surface area contributed by atoms with Crippen molar-refractivity contribution in [1.29, 1.82) is 0 Å². The summed E-state index contributed by atoms with van der Waals surface area (Å²) in [5, 5.41) is 14.0. The number of hydrogen-bond acceptors (Lipinski definition) is 11. The van der Waals surface area contributed by atoms with Gasteiger partial charge in [0.05, 0.1) is 0 Å². The first-order valence-electron chi connectivity index (χ1n) is 13.8. The molecule has 340 valence electrons. The molecule has 4 aromatic rings. The molecule has 0 aliphatic rings. The molecule has 0 spiro atoms. The maximum atomic E-state index is 10.7. The number of hydrogen-bond donors (Lipinski definition) is 2. The van der Waals surface area contributed by atoms with Crippen LogP contribution in [0.25, 0.3) is 0 Å². The number of aromatic nitrogens is 8. The largest absolute Gasteiger partial charge is 3.00 e. The molecule has 0 saturated heterocycles. The molecule has 0 aromatic carbocycles. The summed E-state index contributed by atoms with van der Waals surface area (Å²) in [6.07, 6.45) is 16.4. The number of rotatable bonds is 4. The van der Waals surface area contributed by atoms with E-state index in [1.54, 1.807) is 0 Å². The average Bonchev–Trinajstić information content (AvgIpc) is 3.78. The third-order valence-corrected chi connectivity index (χ3v) is 11.6. The van der Waals surface area contributed by atoms with E-state index in [-0.39, 0.29) is 26.2 Å². The maximum absolute atomic E-state index is 10.7. The Morgan fingerprint density at radius 1 is 0.475 bits per heavy atom. The summed E-state index contributed by atoms with van der Waals surface area (Å²) in [6.45, 7) is 1.62. The molecule has 0 amide bonds. The molecule has 2 radical (unpaired) electrons. The summed E-state index contributed by atoms with van der Waals surface area (Å²) in [5.41, 5.74) is -16.9. The molecule has 4 aromatic heterocycles. The van der Waals surface area contributed by atoms with E-state index >= 15 is 0 Å². The van der Waals surface area contributed by atoms with Crippen molar-refractivity contribution in [3.05, 3.63) is 49.6 Å². The van der Waals surface area contributed by atoms with E-state index in [2.05, 4.69) is 125 Å². The van der Waals surface area contributed by atoms with E-state index in [9.17, 15) is 39.5 Å². The van der Waals surface area contributed by atoms with Gasteiger partial charge in [0.15, 0.2) is 30.4 Å². The second-order valence-corrected chi connectivity index (χ2v) is 16.8. The summed E-state index contributed by atoms with van der Waals surface area (Å²) in [6, 6.07) is 0. The SMILES string of the molecule is CO.CO.C[n+]1ccn(Cn2cc[n+](C)c2[Se-])c1[Se-].C[n+]1ccn(Cn2cc[n+](C)c2[Se-])c1[Se-].O=S(=O)([O-])C(F)(F)F.O=S(=O)([O-])C(F)(F)F.O=S(=O)([O-])C(F)(F)F.[Bi+3]. The Hall–Kier alpha value is -1.18. The van der Waals surface area contributed by atoms with Crippen LogP contribution in [0.5, 0.6) is 0 Å². The van der Waals surface area contributed by atoms with Gasteiger partial charge in [0.2, 0.25) is 0 Å². The van der Waals surface area contributed by atoms with E-state index in [0.29, 0.717) is 0 Å². The number of aliphatic hydroxyl groups is 2. The first-order chi connectivity index (χ1) is 25.9. The van der Waals surface area contributed by atoms with E-state index in [1.807, 2.05) is 53.0 Å². The Morgan fingerprint density at radius 2 is 0.593 bits per heavy atom. The maximum Gasteiger partial charge on any atom is 3.00 e. The zero-order valence-electron chi connectivity index (χ0n) is 30.4. The van der Waals surface area contributed by atoms with Crippen molar-refractivity contribution in [2.75, 3.05) is 14.2 Å². The predicted octanol–water partition coefficient (Wildman–Crippen LogP) is -6.95. The standard InChI is InChI=1S/2C9H12N4Se2.3CHF3O3S.2CH4O.Bi/c2*1-10-3-5-12(8(10)14)7-13-6-4-11(2)9(13)15;3*2-1(3,4)8(5,6)7;2*1-2;/h2*3-6H,7H2,1-2H3;3*(H,5,6,7);2*2H,1H3;/q;;;;;;;+3/p-3. The summed E-state index contributed by atoms with van der Waals surface area (Å²) in [4.78, 5) is 0. The van der Waals surface area contributed by atoms with Crippen LogP contribution in [0, 0.1) is 0 Å². The van der Waals surface area contributed by atoms with Gasteiger partial charge in [0, 0.05) is 14.2 Å².